The molecule has 0 radical (unpaired) electrons. The van der Waals surface area contributed by atoms with E-state index in [1.54, 1.807) is 48.5 Å². The molecule has 0 bridgehead atoms. The maximum atomic E-state index is 12.8. The third-order valence-electron chi connectivity index (χ3n) is 3.09. The average Bonchev–Trinajstić information content (AvgIpc) is 2.48. The van der Waals surface area contributed by atoms with Gasteiger partial charge in [0.15, 0.2) is 20.3 Å². The molecule has 122 valence electrons. The maximum absolute atomic E-state index is 12.8. The van der Waals surface area contributed by atoms with E-state index < -0.39 is 15.2 Å². The molecule has 1 atom stereocenters. The zero-order valence-electron chi connectivity index (χ0n) is 11.9. The first-order valence-electron chi connectivity index (χ1n) is 6.55. The first-order chi connectivity index (χ1) is 10.8. The summed E-state index contributed by atoms with van der Waals surface area (Å²) in [7, 11) is -3.61. The number of benzene rings is 2. The summed E-state index contributed by atoms with van der Waals surface area (Å²) < 4.78 is 25.5. The number of halogens is 2. The lowest BCUT2D eigenvalue weighted by molar-refractivity contribution is 0.576. The second kappa shape index (κ2) is 7.49. The van der Waals surface area contributed by atoms with Gasteiger partial charge in [0.1, 0.15) is 0 Å². The number of thiocarbonyl (C=S) groups is 1. The number of nitrogens with two attached hydrogens (primary N) is 1. The number of sulfone groups is 1. The molecule has 2 aromatic carbocycles. The molecular weight excluding hydrogens is 375 g/mol. The highest BCUT2D eigenvalue weighted by molar-refractivity contribution is 7.91. The fourth-order valence-electron chi connectivity index (χ4n) is 2.04. The lowest BCUT2D eigenvalue weighted by Crippen LogP contribution is -2.37. The van der Waals surface area contributed by atoms with Crippen LogP contribution >= 0.6 is 35.4 Å². The van der Waals surface area contributed by atoms with Gasteiger partial charge in [-0.1, -0.05) is 47.5 Å². The molecule has 0 saturated heterocycles. The molecule has 0 aromatic heterocycles. The molecule has 0 amide bonds. The second-order valence-electron chi connectivity index (χ2n) is 4.87. The van der Waals surface area contributed by atoms with Crippen molar-refractivity contribution in [2.24, 2.45) is 5.73 Å². The van der Waals surface area contributed by atoms with E-state index in [2.05, 4.69) is 5.32 Å². The second-order valence-corrected chi connectivity index (χ2v) is 8.27. The quantitative estimate of drug-likeness (QED) is 0.767. The Balaban J connectivity index is 2.34. The molecule has 2 aromatic rings. The predicted octanol–water partition coefficient (Wildman–Crippen LogP) is 3.44. The van der Waals surface area contributed by atoms with E-state index in [1.807, 2.05) is 0 Å². The molecule has 4 nitrogen and oxygen atoms in total. The van der Waals surface area contributed by atoms with Crippen molar-refractivity contribution in [3.63, 3.8) is 0 Å². The zero-order chi connectivity index (χ0) is 17.0. The molecular formula is C15H14Cl2N2O2S2. The molecule has 0 aliphatic rings. The van der Waals surface area contributed by atoms with E-state index in [4.69, 9.17) is 41.2 Å². The van der Waals surface area contributed by atoms with Crippen molar-refractivity contribution in [3.8, 4) is 0 Å². The molecule has 0 aliphatic carbocycles. The van der Waals surface area contributed by atoms with Crippen LogP contribution in [0, 0.1) is 0 Å². The summed E-state index contributed by atoms with van der Waals surface area (Å²) in [5.74, 6) is -0.174. The van der Waals surface area contributed by atoms with Crippen molar-refractivity contribution >= 4 is 50.4 Å². The summed E-state index contributed by atoms with van der Waals surface area (Å²) in [6, 6.07) is 13.1. The third-order valence-corrected chi connectivity index (χ3v) is 5.55. The van der Waals surface area contributed by atoms with Crippen molar-refractivity contribution < 1.29 is 8.42 Å². The molecule has 0 spiro atoms. The number of nitrogens with one attached hydrogen (secondary N) is 1. The van der Waals surface area contributed by atoms with Crippen molar-refractivity contribution in [1.29, 1.82) is 0 Å². The first-order valence-corrected chi connectivity index (χ1v) is 9.43. The van der Waals surface area contributed by atoms with Crippen LogP contribution in [0.3, 0.4) is 0 Å². The van der Waals surface area contributed by atoms with Crippen LogP contribution in [-0.4, -0.2) is 13.5 Å². The van der Waals surface area contributed by atoms with Gasteiger partial charge < -0.3 is 11.1 Å². The molecule has 1 unspecified atom stereocenters. The Morgan fingerprint density at radius 1 is 1.04 bits per heavy atom. The fraction of sp³-hybridized carbons (Fsp3) is 0.133. The Morgan fingerprint density at radius 2 is 1.52 bits per heavy atom. The Morgan fingerprint density at radius 3 is 2.00 bits per heavy atom. The number of hydrogen-bond donors (Lipinski definition) is 2. The SMILES string of the molecule is NC(=S)NC(c1ccc(Cl)cc1)S(=O)(=O)Cc1ccc(Cl)cc1. The van der Waals surface area contributed by atoms with Crippen LogP contribution in [0.1, 0.15) is 16.5 Å². The van der Waals surface area contributed by atoms with Gasteiger partial charge >= 0.3 is 0 Å². The summed E-state index contributed by atoms with van der Waals surface area (Å²) in [6.07, 6.45) is 0. The van der Waals surface area contributed by atoms with Crippen molar-refractivity contribution in [2.45, 2.75) is 11.1 Å². The smallest absolute Gasteiger partial charge is 0.179 e. The van der Waals surface area contributed by atoms with Gasteiger partial charge in [0.05, 0.1) is 5.75 Å². The highest BCUT2D eigenvalue weighted by Crippen LogP contribution is 2.25. The highest BCUT2D eigenvalue weighted by Gasteiger charge is 2.27. The van der Waals surface area contributed by atoms with E-state index in [-0.39, 0.29) is 10.9 Å². The van der Waals surface area contributed by atoms with Crippen LogP contribution in [-0.2, 0) is 15.6 Å². The van der Waals surface area contributed by atoms with Gasteiger partial charge in [-0.15, -0.1) is 0 Å². The minimum atomic E-state index is -3.61. The maximum Gasteiger partial charge on any atom is 0.179 e. The summed E-state index contributed by atoms with van der Waals surface area (Å²) in [5.41, 5.74) is 6.62. The van der Waals surface area contributed by atoms with E-state index >= 15 is 0 Å². The summed E-state index contributed by atoms with van der Waals surface area (Å²) >= 11 is 16.5. The van der Waals surface area contributed by atoms with Crippen molar-refractivity contribution in [2.75, 3.05) is 0 Å². The van der Waals surface area contributed by atoms with E-state index in [0.29, 0.717) is 21.2 Å². The minimum absolute atomic E-state index is 0.0929. The predicted molar refractivity (Wildman–Crippen MR) is 98.2 cm³/mol. The zero-order valence-corrected chi connectivity index (χ0v) is 15.0. The van der Waals surface area contributed by atoms with Gasteiger partial charge in [-0.05, 0) is 47.6 Å². The van der Waals surface area contributed by atoms with Crippen LogP contribution in [0.2, 0.25) is 10.0 Å². The van der Waals surface area contributed by atoms with E-state index in [0.717, 1.165) is 0 Å². The van der Waals surface area contributed by atoms with Gasteiger partial charge in [-0.3, -0.25) is 0 Å². The lowest BCUT2D eigenvalue weighted by atomic mass is 10.2. The Bertz CT molecular complexity index is 791. The fourth-order valence-corrected chi connectivity index (χ4v) is 4.19. The molecule has 3 N–H and O–H groups in total. The van der Waals surface area contributed by atoms with Gasteiger partial charge in [-0.2, -0.15) is 0 Å². The summed E-state index contributed by atoms with van der Waals surface area (Å²) in [5, 5.41) is 2.55. The number of rotatable bonds is 5. The monoisotopic (exact) mass is 388 g/mol. The van der Waals surface area contributed by atoms with Crippen molar-refractivity contribution in [1.82, 2.24) is 5.32 Å². The van der Waals surface area contributed by atoms with Crippen LogP contribution in [0.25, 0.3) is 0 Å². The third kappa shape index (κ3) is 5.07. The van der Waals surface area contributed by atoms with Gasteiger partial charge in [-0.25, -0.2) is 8.42 Å². The average molecular weight is 389 g/mol. The van der Waals surface area contributed by atoms with E-state index in [1.165, 1.54) is 0 Å². The van der Waals surface area contributed by atoms with Crippen molar-refractivity contribution in [3.05, 3.63) is 69.7 Å². The van der Waals surface area contributed by atoms with Crippen LogP contribution in [0.4, 0.5) is 0 Å². The topological polar surface area (TPSA) is 72.2 Å². The van der Waals surface area contributed by atoms with Crippen LogP contribution < -0.4 is 11.1 Å². The normalized spacial score (nSPS) is 12.6. The standard InChI is InChI=1S/C15H14Cl2N2O2S2/c16-12-5-1-10(2-6-12)9-23(20,21)14(19-15(18)22)11-3-7-13(17)8-4-11/h1-8,14H,9H2,(H3,18,19,22). The minimum Gasteiger partial charge on any atom is -0.376 e. The molecule has 0 aliphatic heterocycles. The number of hydrogen-bond acceptors (Lipinski definition) is 3. The molecule has 0 heterocycles. The molecule has 2 rings (SSSR count). The van der Waals surface area contributed by atoms with Gasteiger partial charge in [0.2, 0.25) is 0 Å². The Kier molecular flexibility index (Phi) is 5.86. The molecule has 0 fully saturated rings. The molecule has 0 saturated carbocycles. The first kappa shape index (κ1) is 18.0. The Labute approximate surface area is 150 Å². The van der Waals surface area contributed by atoms with Gasteiger partial charge in [0.25, 0.3) is 0 Å². The van der Waals surface area contributed by atoms with Crippen LogP contribution in [0.15, 0.2) is 48.5 Å². The van der Waals surface area contributed by atoms with Gasteiger partial charge in [0, 0.05) is 10.0 Å². The largest absolute Gasteiger partial charge is 0.376 e. The van der Waals surface area contributed by atoms with E-state index in [9.17, 15) is 8.42 Å². The summed E-state index contributed by atoms with van der Waals surface area (Å²) in [4.78, 5) is 0. The van der Waals surface area contributed by atoms with Crippen LogP contribution in [0.5, 0.6) is 0 Å². The highest BCUT2D eigenvalue weighted by atomic mass is 35.5. The molecule has 23 heavy (non-hydrogen) atoms. The summed E-state index contributed by atoms with van der Waals surface area (Å²) in [6.45, 7) is 0. The lowest BCUT2D eigenvalue weighted by Gasteiger charge is -2.20. The molecule has 8 heteroatoms. The Hall–Kier alpha value is -1.34.